The summed E-state index contributed by atoms with van der Waals surface area (Å²) >= 11 is 0. The van der Waals surface area contributed by atoms with E-state index in [2.05, 4.69) is 24.7 Å². The Morgan fingerprint density at radius 3 is 2.59 bits per heavy atom. The van der Waals surface area contributed by atoms with Gasteiger partial charge in [-0.25, -0.2) is 14.8 Å². The Morgan fingerprint density at radius 2 is 1.95 bits per heavy atom. The van der Waals surface area contributed by atoms with E-state index in [1.54, 1.807) is 24.3 Å². The third-order valence-electron chi connectivity index (χ3n) is 2.66. The number of benzene rings is 1. The summed E-state index contributed by atoms with van der Waals surface area (Å²) in [5.74, 6) is 0.472. The molecule has 22 heavy (non-hydrogen) atoms. The molecule has 0 fully saturated rings. The molecule has 0 aliphatic heterocycles. The number of hydrogen-bond donors (Lipinski definition) is 1. The fourth-order valence-corrected chi connectivity index (χ4v) is 1.59. The van der Waals surface area contributed by atoms with Crippen molar-refractivity contribution in [3.05, 3.63) is 41.7 Å². The van der Waals surface area contributed by atoms with Gasteiger partial charge in [0.25, 0.3) is 0 Å². The Bertz CT molecular complexity index is 686. The van der Waals surface area contributed by atoms with Crippen LogP contribution in [0.5, 0.6) is 11.6 Å². The van der Waals surface area contributed by atoms with Gasteiger partial charge in [-0.2, -0.15) is 0 Å². The van der Waals surface area contributed by atoms with Crippen molar-refractivity contribution in [1.82, 2.24) is 9.97 Å². The Balaban J connectivity index is 2.25. The second-order valence-corrected chi connectivity index (χ2v) is 4.01. The molecule has 0 radical (unpaired) electrons. The smallest absolute Gasteiger partial charge is 0.337 e. The van der Waals surface area contributed by atoms with Gasteiger partial charge in [-0.15, -0.1) is 0 Å². The highest BCUT2D eigenvalue weighted by Gasteiger charge is 2.11. The van der Waals surface area contributed by atoms with Gasteiger partial charge in [-0.05, 0) is 24.3 Å². The van der Waals surface area contributed by atoms with Crippen LogP contribution < -0.4 is 10.5 Å². The third-order valence-corrected chi connectivity index (χ3v) is 2.66. The maximum absolute atomic E-state index is 11.4. The highest BCUT2D eigenvalue weighted by atomic mass is 16.6. The second kappa shape index (κ2) is 7.02. The molecule has 1 aromatic carbocycles. The Kier molecular flexibility index (Phi) is 4.86. The molecule has 0 atom stereocenters. The number of esters is 1. The molecule has 0 aliphatic rings. The molecule has 1 aromatic heterocycles. The maximum atomic E-state index is 11.4. The Hall–Kier alpha value is -3.16. The molecule has 0 spiro atoms. The first-order chi connectivity index (χ1) is 10.7. The van der Waals surface area contributed by atoms with Crippen LogP contribution in [0.25, 0.3) is 0 Å². The monoisotopic (exact) mass is 302 g/mol. The zero-order valence-corrected chi connectivity index (χ0v) is 12.0. The summed E-state index contributed by atoms with van der Waals surface area (Å²) in [6.07, 6.45) is 2.63. The normalized spacial score (nSPS) is 10.5. The number of aromatic nitrogens is 2. The second-order valence-electron chi connectivity index (χ2n) is 4.01. The number of ether oxygens (including phenoxy) is 2. The number of oxime groups is 1. The van der Waals surface area contributed by atoms with Crippen LogP contribution in [0.2, 0.25) is 0 Å². The van der Waals surface area contributed by atoms with E-state index < -0.39 is 5.97 Å². The summed E-state index contributed by atoms with van der Waals surface area (Å²) < 4.78 is 10.3. The van der Waals surface area contributed by atoms with E-state index in [0.29, 0.717) is 16.9 Å². The minimum absolute atomic E-state index is 0.206. The van der Waals surface area contributed by atoms with Crippen molar-refractivity contribution in [3.8, 4) is 11.6 Å². The Labute approximate surface area is 126 Å². The standard InChI is InChI=1S/C14H14N4O4/c1-20-14(19)9-3-5-10(6-4-9)22-13-11(7-18-21-2)12(15)16-8-17-13/h3-8H,1-2H3,(H2,15,16,17). The lowest BCUT2D eigenvalue weighted by Crippen LogP contribution is -2.03. The molecule has 8 heteroatoms. The van der Waals surface area contributed by atoms with Crippen LogP contribution in [0.3, 0.4) is 0 Å². The summed E-state index contributed by atoms with van der Waals surface area (Å²) in [7, 11) is 2.72. The van der Waals surface area contributed by atoms with Gasteiger partial charge in [0.1, 0.15) is 30.6 Å². The quantitative estimate of drug-likeness (QED) is 0.507. The molecule has 0 aliphatic carbocycles. The first-order valence-corrected chi connectivity index (χ1v) is 6.19. The molecule has 0 unspecified atom stereocenters. The maximum Gasteiger partial charge on any atom is 0.337 e. The Morgan fingerprint density at radius 1 is 1.23 bits per heavy atom. The van der Waals surface area contributed by atoms with Gasteiger partial charge in [0, 0.05) is 0 Å². The van der Waals surface area contributed by atoms with Crippen LogP contribution in [0, 0.1) is 0 Å². The molecule has 0 saturated heterocycles. The van der Waals surface area contributed by atoms with Crippen molar-refractivity contribution in [3.63, 3.8) is 0 Å². The van der Waals surface area contributed by atoms with Crippen LogP contribution in [0.1, 0.15) is 15.9 Å². The molecule has 1 heterocycles. The molecule has 8 nitrogen and oxygen atoms in total. The number of carbonyl (C=O) groups is 1. The van der Waals surface area contributed by atoms with E-state index >= 15 is 0 Å². The summed E-state index contributed by atoms with van der Waals surface area (Å²) in [5.41, 5.74) is 6.56. The molecular weight excluding hydrogens is 288 g/mol. The van der Waals surface area contributed by atoms with E-state index in [1.165, 1.54) is 26.8 Å². The van der Waals surface area contributed by atoms with E-state index in [0.717, 1.165) is 0 Å². The van der Waals surface area contributed by atoms with Crippen molar-refractivity contribution >= 4 is 18.0 Å². The first kappa shape index (κ1) is 15.2. The van der Waals surface area contributed by atoms with Crippen LogP contribution in [0.4, 0.5) is 5.82 Å². The van der Waals surface area contributed by atoms with Gasteiger partial charge in [0.15, 0.2) is 0 Å². The average molecular weight is 302 g/mol. The van der Waals surface area contributed by atoms with E-state index in [1.807, 2.05) is 0 Å². The SMILES string of the molecule is CON=Cc1c(N)ncnc1Oc1ccc(C(=O)OC)cc1. The number of nitrogens with zero attached hydrogens (tertiary/aromatic N) is 3. The minimum Gasteiger partial charge on any atom is -0.465 e. The molecule has 114 valence electrons. The molecule has 0 saturated carbocycles. The fraction of sp³-hybridized carbons (Fsp3) is 0.143. The lowest BCUT2D eigenvalue weighted by atomic mass is 10.2. The number of rotatable bonds is 5. The van der Waals surface area contributed by atoms with Gasteiger partial charge in [0.05, 0.1) is 18.9 Å². The van der Waals surface area contributed by atoms with Gasteiger partial charge < -0.3 is 20.0 Å². The van der Waals surface area contributed by atoms with Gasteiger partial charge in [-0.1, -0.05) is 5.16 Å². The molecule has 2 aromatic rings. The largest absolute Gasteiger partial charge is 0.465 e. The number of nitrogens with two attached hydrogens (primary N) is 1. The zero-order chi connectivity index (χ0) is 15.9. The van der Waals surface area contributed by atoms with Crippen molar-refractivity contribution in [2.45, 2.75) is 0 Å². The summed E-state index contributed by atoms with van der Waals surface area (Å²) in [4.78, 5) is 23.9. The summed E-state index contributed by atoms with van der Waals surface area (Å²) in [5, 5.41) is 3.63. The van der Waals surface area contributed by atoms with Gasteiger partial charge in [0.2, 0.25) is 5.88 Å². The topological polar surface area (TPSA) is 109 Å². The molecule has 2 N–H and O–H groups in total. The van der Waals surface area contributed by atoms with Crippen LogP contribution in [0.15, 0.2) is 35.7 Å². The number of hydrogen-bond acceptors (Lipinski definition) is 8. The molecule has 2 rings (SSSR count). The summed E-state index contributed by atoms with van der Waals surface area (Å²) in [6.45, 7) is 0. The van der Waals surface area contributed by atoms with E-state index in [4.69, 9.17) is 10.5 Å². The highest BCUT2D eigenvalue weighted by molar-refractivity contribution is 5.89. The van der Waals surface area contributed by atoms with Crippen LogP contribution in [-0.2, 0) is 9.57 Å². The van der Waals surface area contributed by atoms with Crippen LogP contribution >= 0.6 is 0 Å². The van der Waals surface area contributed by atoms with Crippen molar-refractivity contribution in [2.24, 2.45) is 5.16 Å². The number of nitrogen functional groups attached to an aromatic ring is 1. The molecule has 0 amide bonds. The van der Waals surface area contributed by atoms with E-state index in [9.17, 15) is 4.79 Å². The number of anilines is 1. The van der Waals surface area contributed by atoms with Crippen molar-refractivity contribution in [2.75, 3.05) is 20.0 Å². The average Bonchev–Trinajstić information content (AvgIpc) is 2.54. The van der Waals surface area contributed by atoms with E-state index in [-0.39, 0.29) is 11.7 Å². The van der Waals surface area contributed by atoms with Crippen LogP contribution in [-0.4, -0.2) is 36.4 Å². The zero-order valence-electron chi connectivity index (χ0n) is 12.0. The number of carbonyl (C=O) groups excluding carboxylic acids is 1. The van der Waals surface area contributed by atoms with Crippen molar-refractivity contribution < 1.29 is 19.1 Å². The lowest BCUT2D eigenvalue weighted by molar-refractivity contribution is 0.0600. The van der Waals surface area contributed by atoms with Gasteiger partial charge in [-0.3, -0.25) is 0 Å². The van der Waals surface area contributed by atoms with Crippen molar-refractivity contribution in [1.29, 1.82) is 0 Å². The molecule has 0 bridgehead atoms. The minimum atomic E-state index is -0.425. The van der Waals surface area contributed by atoms with Gasteiger partial charge >= 0.3 is 5.97 Å². The highest BCUT2D eigenvalue weighted by Crippen LogP contribution is 2.24. The number of methoxy groups -OCH3 is 1. The predicted octanol–water partition coefficient (Wildman–Crippen LogP) is 1.62. The predicted molar refractivity (Wildman–Crippen MR) is 78.9 cm³/mol. The fourth-order valence-electron chi connectivity index (χ4n) is 1.59. The summed E-state index contributed by atoms with van der Waals surface area (Å²) in [6, 6.07) is 6.38. The first-order valence-electron chi connectivity index (χ1n) is 6.19. The lowest BCUT2D eigenvalue weighted by Gasteiger charge is -2.08. The molecular formula is C14H14N4O4. The third kappa shape index (κ3) is 3.48.